The van der Waals surface area contributed by atoms with Crippen LogP contribution in [0, 0.1) is 11.7 Å². The Labute approximate surface area is 182 Å². The second-order valence-corrected chi connectivity index (χ2v) is 8.00. The molecule has 1 N–H and O–H groups in total. The first-order valence-electron chi connectivity index (χ1n) is 10.5. The van der Waals surface area contributed by atoms with E-state index < -0.39 is 12.1 Å². The molecule has 0 unspecified atom stereocenters. The van der Waals surface area contributed by atoms with E-state index in [0.29, 0.717) is 38.4 Å². The summed E-state index contributed by atoms with van der Waals surface area (Å²) < 4.78 is 51.7. The highest BCUT2D eigenvalue weighted by Gasteiger charge is 2.43. The number of hydrogen-bond donors (Lipinski definition) is 1. The third-order valence-corrected chi connectivity index (χ3v) is 5.79. The average Bonchev–Trinajstić information content (AvgIpc) is 3.24. The van der Waals surface area contributed by atoms with Crippen molar-refractivity contribution in [3.8, 4) is 0 Å². The van der Waals surface area contributed by atoms with Gasteiger partial charge in [-0.05, 0) is 31.7 Å². The highest BCUT2D eigenvalue weighted by molar-refractivity contribution is 5.78. The molecule has 11 heteroatoms. The zero-order valence-electron chi connectivity index (χ0n) is 17.4. The second kappa shape index (κ2) is 10.6. The van der Waals surface area contributed by atoms with E-state index in [4.69, 9.17) is 19.5 Å². The molecule has 1 aromatic rings. The Kier molecular flexibility index (Phi) is 8.07. The molecule has 7 nitrogen and oxygen atoms in total. The quantitative estimate of drug-likeness (QED) is 0.696. The number of carboxylic acid groups (broad SMARTS) is 1. The predicted octanol–water partition coefficient (Wildman–Crippen LogP) is 2.99. The number of hydroxylamine groups is 2. The van der Waals surface area contributed by atoms with Gasteiger partial charge in [-0.2, -0.15) is 13.2 Å². The van der Waals surface area contributed by atoms with Crippen LogP contribution in [0.3, 0.4) is 0 Å². The molecule has 3 fully saturated rings. The van der Waals surface area contributed by atoms with Gasteiger partial charge in [0.05, 0.1) is 18.6 Å². The van der Waals surface area contributed by atoms with Crippen LogP contribution in [0.1, 0.15) is 31.2 Å². The number of hydrogen-bond acceptors (Lipinski definition) is 5. The van der Waals surface area contributed by atoms with Crippen LogP contribution in [0.5, 0.6) is 0 Å². The summed E-state index contributed by atoms with van der Waals surface area (Å²) in [4.78, 5) is 29.5. The standard InChI is InChI=1S/C19H25FN2O3.C2HF3O2/c20-16-6-2-1-5-14(16)12-21-13-15(11-18-17(21)7-10-24-18)19(23)22-8-3-4-9-25-22;3-2(4,5)1(6)7/h1-2,5-6,15,17-18H,3-4,7-13H2;(H,6,7)/t15-,17-,18-;/m1./s1. The van der Waals surface area contributed by atoms with Crippen LogP contribution in [-0.2, 0) is 25.7 Å². The molecule has 0 aliphatic carbocycles. The molecule has 0 radical (unpaired) electrons. The summed E-state index contributed by atoms with van der Waals surface area (Å²) in [6.07, 6.45) is -1.36. The number of piperidine rings is 1. The van der Waals surface area contributed by atoms with Crippen LogP contribution in [-0.4, -0.2) is 71.6 Å². The molecule has 0 bridgehead atoms. The van der Waals surface area contributed by atoms with Crippen molar-refractivity contribution in [2.45, 2.75) is 50.6 Å². The third kappa shape index (κ3) is 6.17. The van der Waals surface area contributed by atoms with E-state index >= 15 is 0 Å². The highest BCUT2D eigenvalue weighted by Crippen LogP contribution is 2.33. The Bertz CT molecular complexity index is 801. The minimum absolute atomic E-state index is 0.0483. The van der Waals surface area contributed by atoms with Gasteiger partial charge < -0.3 is 9.84 Å². The van der Waals surface area contributed by atoms with Gasteiger partial charge in [-0.1, -0.05) is 18.2 Å². The number of nitrogens with zero attached hydrogens (tertiary/aromatic N) is 2. The summed E-state index contributed by atoms with van der Waals surface area (Å²) in [7, 11) is 0. The summed E-state index contributed by atoms with van der Waals surface area (Å²) in [5.74, 6) is -3.05. The van der Waals surface area contributed by atoms with Crippen molar-refractivity contribution >= 4 is 11.9 Å². The van der Waals surface area contributed by atoms with Gasteiger partial charge in [0.15, 0.2) is 0 Å². The Morgan fingerprint density at radius 1 is 1.16 bits per heavy atom. The fourth-order valence-electron chi connectivity index (χ4n) is 4.23. The summed E-state index contributed by atoms with van der Waals surface area (Å²) in [6.45, 7) is 3.14. The van der Waals surface area contributed by atoms with E-state index in [1.54, 1.807) is 6.07 Å². The Hall–Kier alpha value is -2.24. The highest BCUT2D eigenvalue weighted by atomic mass is 19.4. The molecular formula is C21H26F4N2O5. The van der Waals surface area contributed by atoms with Crippen molar-refractivity contribution in [2.75, 3.05) is 26.3 Å². The largest absolute Gasteiger partial charge is 0.490 e. The number of ether oxygens (including phenoxy) is 1. The van der Waals surface area contributed by atoms with Crippen molar-refractivity contribution in [2.24, 2.45) is 5.92 Å². The molecule has 0 saturated carbocycles. The fraction of sp³-hybridized carbons (Fsp3) is 0.619. The number of aliphatic carboxylic acids is 1. The number of halogens is 4. The van der Waals surface area contributed by atoms with Gasteiger partial charge in [-0.3, -0.25) is 14.5 Å². The molecule has 3 atom stereocenters. The molecule has 3 aliphatic rings. The average molecular weight is 462 g/mol. The number of rotatable bonds is 3. The van der Waals surface area contributed by atoms with Gasteiger partial charge in [-0.15, -0.1) is 0 Å². The molecule has 3 aliphatic heterocycles. The maximum Gasteiger partial charge on any atom is 0.490 e. The summed E-state index contributed by atoms with van der Waals surface area (Å²) >= 11 is 0. The van der Waals surface area contributed by atoms with Gasteiger partial charge >= 0.3 is 12.1 Å². The van der Waals surface area contributed by atoms with Gasteiger partial charge in [0.2, 0.25) is 0 Å². The van der Waals surface area contributed by atoms with Gasteiger partial charge in [0.25, 0.3) is 5.91 Å². The molecule has 1 aromatic carbocycles. The third-order valence-electron chi connectivity index (χ3n) is 5.79. The Morgan fingerprint density at radius 3 is 2.50 bits per heavy atom. The molecule has 3 heterocycles. The van der Waals surface area contributed by atoms with Gasteiger partial charge in [0.1, 0.15) is 5.82 Å². The molecule has 1 amide bonds. The van der Waals surface area contributed by atoms with Crippen LogP contribution in [0.4, 0.5) is 17.6 Å². The van der Waals surface area contributed by atoms with Crippen LogP contribution < -0.4 is 0 Å². The number of alkyl halides is 3. The Morgan fingerprint density at radius 2 is 1.88 bits per heavy atom. The van der Waals surface area contributed by atoms with E-state index in [2.05, 4.69) is 4.90 Å². The smallest absolute Gasteiger partial charge is 0.475 e. The van der Waals surface area contributed by atoms with Crippen LogP contribution in [0.2, 0.25) is 0 Å². The van der Waals surface area contributed by atoms with Crippen molar-refractivity contribution in [3.63, 3.8) is 0 Å². The van der Waals surface area contributed by atoms with Crippen molar-refractivity contribution in [3.05, 3.63) is 35.6 Å². The minimum Gasteiger partial charge on any atom is -0.475 e. The van der Waals surface area contributed by atoms with E-state index in [-0.39, 0.29) is 29.8 Å². The van der Waals surface area contributed by atoms with Gasteiger partial charge in [-0.25, -0.2) is 14.2 Å². The first-order chi connectivity index (χ1) is 15.2. The number of amides is 1. The number of benzene rings is 1. The molecule has 0 aromatic heterocycles. The lowest BCUT2D eigenvalue weighted by molar-refractivity contribution is -0.204. The molecular weight excluding hydrogens is 436 g/mol. The number of likely N-dealkylation sites (tertiary alicyclic amines) is 1. The number of carbonyl (C=O) groups is 2. The van der Waals surface area contributed by atoms with E-state index in [1.807, 2.05) is 12.1 Å². The number of carboxylic acids is 1. The Balaban J connectivity index is 0.000000360. The van der Waals surface area contributed by atoms with Crippen molar-refractivity contribution in [1.29, 1.82) is 0 Å². The minimum atomic E-state index is -5.08. The zero-order valence-corrected chi connectivity index (χ0v) is 17.4. The zero-order chi connectivity index (χ0) is 23.3. The number of carbonyl (C=O) groups excluding carboxylic acids is 1. The van der Waals surface area contributed by atoms with Crippen molar-refractivity contribution in [1.82, 2.24) is 9.96 Å². The van der Waals surface area contributed by atoms with E-state index in [9.17, 15) is 22.4 Å². The monoisotopic (exact) mass is 462 g/mol. The molecule has 178 valence electrons. The summed E-state index contributed by atoms with van der Waals surface area (Å²) in [5, 5.41) is 8.66. The van der Waals surface area contributed by atoms with E-state index in [0.717, 1.165) is 25.7 Å². The summed E-state index contributed by atoms with van der Waals surface area (Å²) in [6, 6.07) is 7.14. The molecule has 0 spiro atoms. The molecule has 3 saturated heterocycles. The normalized spacial score (nSPS) is 26.1. The SMILES string of the molecule is O=C(O)C(F)(F)F.O=C([C@@H]1C[C@H]2OCC[C@H]2N(Cc2ccccc2F)C1)N1CCCCO1. The first kappa shape index (κ1) is 24.4. The lowest BCUT2D eigenvalue weighted by atomic mass is 9.89. The summed E-state index contributed by atoms with van der Waals surface area (Å²) in [5.41, 5.74) is 0.676. The van der Waals surface area contributed by atoms with Crippen molar-refractivity contribution < 1.29 is 41.8 Å². The topological polar surface area (TPSA) is 79.3 Å². The number of fused-ring (bicyclic) bond motifs is 1. The van der Waals surface area contributed by atoms with Crippen LogP contribution in [0.15, 0.2) is 24.3 Å². The lowest BCUT2D eigenvalue weighted by Crippen LogP contribution is -2.53. The lowest BCUT2D eigenvalue weighted by Gasteiger charge is -2.41. The second-order valence-electron chi connectivity index (χ2n) is 8.00. The fourth-order valence-corrected chi connectivity index (χ4v) is 4.23. The first-order valence-corrected chi connectivity index (χ1v) is 10.5. The maximum atomic E-state index is 14.1. The predicted molar refractivity (Wildman–Crippen MR) is 104 cm³/mol. The van der Waals surface area contributed by atoms with Crippen LogP contribution >= 0.6 is 0 Å². The molecule has 4 rings (SSSR count). The molecule has 32 heavy (non-hydrogen) atoms. The van der Waals surface area contributed by atoms with E-state index in [1.165, 1.54) is 11.1 Å². The maximum absolute atomic E-state index is 14.1. The van der Waals surface area contributed by atoms with Crippen LogP contribution in [0.25, 0.3) is 0 Å². The van der Waals surface area contributed by atoms with Gasteiger partial charge in [0, 0.05) is 37.8 Å².